The number of rotatable bonds is 3. The summed E-state index contributed by atoms with van der Waals surface area (Å²) < 4.78 is 0. The van der Waals surface area contributed by atoms with Gasteiger partial charge in [-0.15, -0.1) is 11.3 Å². The van der Waals surface area contributed by atoms with E-state index < -0.39 is 0 Å². The molecule has 3 aromatic rings. The summed E-state index contributed by atoms with van der Waals surface area (Å²) in [4.78, 5) is 16.1. The Kier molecular flexibility index (Phi) is 3.30. The number of carbonyl (C=O) groups excluding carboxylic acids is 1. The molecule has 0 radical (unpaired) electrons. The first kappa shape index (κ1) is 12.6. The van der Waals surface area contributed by atoms with Gasteiger partial charge < -0.3 is 5.32 Å². The quantitative estimate of drug-likeness (QED) is 0.776. The molecule has 0 fully saturated rings. The van der Waals surface area contributed by atoms with Crippen LogP contribution < -0.4 is 5.32 Å². The molecule has 1 aromatic carbocycles. The predicted molar refractivity (Wildman–Crippen MR) is 78.8 cm³/mol. The van der Waals surface area contributed by atoms with Gasteiger partial charge in [-0.3, -0.25) is 9.89 Å². The second-order valence-electron chi connectivity index (χ2n) is 4.25. The Balaban J connectivity index is 1.74. The number of aromatic amines is 1. The lowest BCUT2D eigenvalue weighted by Crippen LogP contribution is -2.12. The third kappa shape index (κ3) is 2.60. The van der Waals surface area contributed by atoms with E-state index in [1.807, 2.05) is 37.3 Å². The molecule has 0 spiro atoms. The molecule has 3 rings (SSSR count). The van der Waals surface area contributed by atoms with Gasteiger partial charge in [-0.1, -0.05) is 12.1 Å². The van der Waals surface area contributed by atoms with E-state index in [2.05, 4.69) is 20.5 Å². The van der Waals surface area contributed by atoms with E-state index in [9.17, 15) is 4.79 Å². The van der Waals surface area contributed by atoms with Crippen LogP contribution in [0.1, 0.15) is 15.5 Å². The first-order valence-corrected chi connectivity index (χ1v) is 6.93. The van der Waals surface area contributed by atoms with E-state index >= 15 is 0 Å². The Labute approximate surface area is 119 Å². The van der Waals surface area contributed by atoms with E-state index in [-0.39, 0.29) is 5.91 Å². The number of nitrogens with one attached hydrogen (secondary N) is 2. The van der Waals surface area contributed by atoms with Crippen molar-refractivity contribution in [3.63, 3.8) is 0 Å². The van der Waals surface area contributed by atoms with Crippen LogP contribution in [0.3, 0.4) is 0 Å². The van der Waals surface area contributed by atoms with Gasteiger partial charge in [-0.25, -0.2) is 4.98 Å². The van der Waals surface area contributed by atoms with Crippen LogP contribution in [0.25, 0.3) is 11.3 Å². The number of hydrogen-bond acceptors (Lipinski definition) is 4. The molecule has 0 aliphatic carbocycles. The number of thiazole rings is 1. The normalized spacial score (nSPS) is 10.4. The number of carbonyl (C=O) groups is 1. The summed E-state index contributed by atoms with van der Waals surface area (Å²) in [6.07, 6.45) is 1.70. The zero-order valence-electron chi connectivity index (χ0n) is 10.8. The van der Waals surface area contributed by atoms with Crippen LogP contribution in [0, 0.1) is 6.92 Å². The molecule has 0 atom stereocenters. The summed E-state index contributed by atoms with van der Waals surface area (Å²) in [5.41, 5.74) is 3.15. The molecule has 0 aliphatic rings. The summed E-state index contributed by atoms with van der Waals surface area (Å²) in [6.45, 7) is 1.88. The lowest BCUT2D eigenvalue weighted by Gasteiger charge is -2.04. The van der Waals surface area contributed by atoms with Gasteiger partial charge >= 0.3 is 0 Å². The van der Waals surface area contributed by atoms with Crippen molar-refractivity contribution >= 4 is 22.9 Å². The highest BCUT2D eigenvalue weighted by Crippen LogP contribution is 2.19. The van der Waals surface area contributed by atoms with Gasteiger partial charge in [-0.2, -0.15) is 5.10 Å². The maximum atomic E-state index is 12.0. The van der Waals surface area contributed by atoms with Gasteiger partial charge in [0.05, 0.1) is 10.7 Å². The summed E-state index contributed by atoms with van der Waals surface area (Å²) in [6, 6.07) is 9.46. The van der Waals surface area contributed by atoms with Crippen molar-refractivity contribution in [1.29, 1.82) is 0 Å². The third-order valence-electron chi connectivity index (χ3n) is 2.81. The first-order chi connectivity index (χ1) is 9.72. The van der Waals surface area contributed by atoms with E-state index in [1.54, 1.807) is 11.6 Å². The third-order valence-corrected chi connectivity index (χ3v) is 3.58. The highest BCUT2D eigenvalue weighted by Gasteiger charge is 2.09. The highest BCUT2D eigenvalue weighted by atomic mass is 32.1. The van der Waals surface area contributed by atoms with Gasteiger partial charge in [0.2, 0.25) is 0 Å². The summed E-state index contributed by atoms with van der Waals surface area (Å²) >= 11 is 1.46. The molecule has 2 aromatic heterocycles. The van der Waals surface area contributed by atoms with E-state index in [0.29, 0.717) is 5.69 Å². The molecule has 2 N–H and O–H groups in total. The highest BCUT2D eigenvalue weighted by molar-refractivity contribution is 7.09. The van der Waals surface area contributed by atoms with E-state index in [0.717, 1.165) is 22.0 Å². The fraction of sp³-hybridized carbons (Fsp3) is 0.0714. The van der Waals surface area contributed by atoms with Crippen LogP contribution in [0.15, 0.2) is 41.9 Å². The SMILES string of the molecule is Cc1nc(C(=O)Nc2ccc(-c3ccn[nH]3)cc2)cs1. The molecule has 5 nitrogen and oxygen atoms in total. The minimum Gasteiger partial charge on any atom is -0.321 e. The molecule has 100 valence electrons. The van der Waals surface area contributed by atoms with Crippen LogP contribution >= 0.6 is 11.3 Å². The molecule has 1 amide bonds. The minimum absolute atomic E-state index is 0.191. The van der Waals surface area contributed by atoms with Crippen molar-refractivity contribution in [3.05, 3.63) is 52.6 Å². The minimum atomic E-state index is -0.191. The molecule has 0 saturated heterocycles. The van der Waals surface area contributed by atoms with Gasteiger partial charge in [-0.05, 0) is 30.7 Å². The molecule has 0 unspecified atom stereocenters. The number of amides is 1. The van der Waals surface area contributed by atoms with Crippen molar-refractivity contribution in [2.24, 2.45) is 0 Å². The summed E-state index contributed by atoms with van der Waals surface area (Å²) in [5, 5.41) is 12.3. The Hall–Kier alpha value is -2.47. The number of H-pyrrole nitrogens is 1. The number of benzene rings is 1. The smallest absolute Gasteiger partial charge is 0.275 e. The van der Waals surface area contributed by atoms with Gasteiger partial charge in [0.25, 0.3) is 5.91 Å². The van der Waals surface area contributed by atoms with Crippen molar-refractivity contribution in [3.8, 4) is 11.3 Å². The van der Waals surface area contributed by atoms with Crippen molar-refractivity contribution in [2.75, 3.05) is 5.32 Å². The van der Waals surface area contributed by atoms with Gasteiger partial charge in [0.1, 0.15) is 5.69 Å². The maximum absolute atomic E-state index is 12.0. The summed E-state index contributed by atoms with van der Waals surface area (Å²) in [5.74, 6) is -0.191. The lowest BCUT2D eigenvalue weighted by molar-refractivity contribution is 0.102. The fourth-order valence-electron chi connectivity index (χ4n) is 1.81. The Morgan fingerprint density at radius 3 is 2.65 bits per heavy atom. The van der Waals surface area contributed by atoms with E-state index in [1.165, 1.54) is 11.3 Å². The molecule has 0 saturated carbocycles. The molecule has 2 heterocycles. The van der Waals surface area contributed by atoms with Crippen LogP contribution in [-0.2, 0) is 0 Å². The Bertz CT molecular complexity index is 716. The largest absolute Gasteiger partial charge is 0.321 e. The summed E-state index contributed by atoms with van der Waals surface area (Å²) in [7, 11) is 0. The number of nitrogens with zero attached hydrogens (tertiary/aromatic N) is 2. The van der Waals surface area contributed by atoms with Crippen LogP contribution in [0.4, 0.5) is 5.69 Å². The van der Waals surface area contributed by atoms with Gasteiger partial charge in [0.15, 0.2) is 0 Å². The zero-order valence-corrected chi connectivity index (χ0v) is 11.6. The van der Waals surface area contributed by atoms with Crippen molar-refractivity contribution in [1.82, 2.24) is 15.2 Å². The average Bonchev–Trinajstić information content (AvgIpc) is 3.10. The number of anilines is 1. The first-order valence-electron chi connectivity index (χ1n) is 6.06. The zero-order chi connectivity index (χ0) is 13.9. The average molecular weight is 284 g/mol. The molecular formula is C14H12N4OS. The molecular weight excluding hydrogens is 272 g/mol. The second kappa shape index (κ2) is 5.26. The monoisotopic (exact) mass is 284 g/mol. The Morgan fingerprint density at radius 1 is 1.25 bits per heavy atom. The standard InChI is InChI=1S/C14H12N4OS/c1-9-16-13(8-20-9)14(19)17-11-4-2-10(3-5-11)12-6-7-15-18-12/h2-8H,1H3,(H,15,18)(H,17,19). The number of aromatic nitrogens is 3. The molecule has 20 heavy (non-hydrogen) atoms. The van der Waals surface area contributed by atoms with Crippen LogP contribution in [-0.4, -0.2) is 21.1 Å². The molecule has 0 bridgehead atoms. The van der Waals surface area contributed by atoms with Crippen LogP contribution in [0.2, 0.25) is 0 Å². The topological polar surface area (TPSA) is 70.7 Å². The predicted octanol–water partition coefficient (Wildman–Crippen LogP) is 3.09. The fourth-order valence-corrected chi connectivity index (χ4v) is 2.41. The Morgan fingerprint density at radius 2 is 2.05 bits per heavy atom. The van der Waals surface area contributed by atoms with Gasteiger partial charge in [0, 0.05) is 17.3 Å². The molecule has 0 aliphatic heterocycles. The number of aryl methyl sites for hydroxylation is 1. The maximum Gasteiger partial charge on any atom is 0.275 e. The van der Waals surface area contributed by atoms with Crippen molar-refractivity contribution < 1.29 is 4.79 Å². The van der Waals surface area contributed by atoms with Crippen LogP contribution in [0.5, 0.6) is 0 Å². The molecule has 6 heteroatoms. The second-order valence-corrected chi connectivity index (χ2v) is 5.32. The van der Waals surface area contributed by atoms with E-state index in [4.69, 9.17) is 0 Å². The number of hydrogen-bond donors (Lipinski definition) is 2. The van der Waals surface area contributed by atoms with Crippen molar-refractivity contribution in [2.45, 2.75) is 6.92 Å². The lowest BCUT2D eigenvalue weighted by atomic mass is 10.1.